The van der Waals surface area contributed by atoms with Crippen LogP contribution in [0, 0.1) is 0 Å². The van der Waals surface area contributed by atoms with E-state index in [2.05, 4.69) is 33.3 Å². The normalized spacial score (nSPS) is 17.1. The molecule has 1 saturated carbocycles. The maximum atomic E-state index is 12.6. The molecule has 0 atom stereocenters. The van der Waals surface area contributed by atoms with Gasteiger partial charge in [0.15, 0.2) is 0 Å². The molecule has 0 N–H and O–H groups in total. The van der Waals surface area contributed by atoms with Gasteiger partial charge < -0.3 is 21.6 Å². The molecule has 1 aliphatic carbocycles. The molecule has 0 aliphatic heterocycles. The minimum atomic E-state index is -0.397. The summed E-state index contributed by atoms with van der Waals surface area (Å²) in [6, 6.07) is 10.1. The first kappa shape index (κ1) is 18.0. The molecule has 21 heavy (non-hydrogen) atoms. The highest BCUT2D eigenvalue weighted by atomic mass is 35.5. The van der Waals surface area contributed by atoms with Crippen molar-refractivity contribution in [3.8, 4) is 0 Å². The number of rotatable bonds is 5. The number of quaternary nitrogens is 1. The molecule has 0 amide bonds. The maximum Gasteiger partial charge on any atom is 0.316 e. The fraction of sp³-hybridized carbons (Fsp3) is 0.588. The van der Waals surface area contributed by atoms with E-state index in [9.17, 15) is 4.79 Å². The topological polar surface area (TPSA) is 26.3 Å². The summed E-state index contributed by atoms with van der Waals surface area (Å²) in [7, 11) is 6.32. The van der Waals surface area contributed by atoms with Gasteiger partial charge in [-0.15, -0.1) is 0 Å². The Kier molecular flexibility index (Phi) is 6.24. The first-order valence-electron chi connectivity index (χ1n) is 7.47. The minimum Gasteiger partial charge on any atom is -1.00 e. The van der Waals surface area contributed by atoms with Gasteiger partial charge in [-0.3, -0.25) is 4.79 Å². The van der Waals surface area contributed by atoms with E-state index in [4.69, 9.17) is 4.74 Å². The zero-order chi connectivity index (χ0) is 14.6. The Hall–Kier alpha value is -1.06. The number of halogens is 1. The second kappa shape index (κ2) is 7.28. The number of hydrogen-bond acceptors (Lipinski definition) is 2. The largest absolute Gasteiger partial charge is 1.00 e. The Morgan fingerprint density at radius 3 is 2.24 bits per heavy atom. The molecule has 0 aromatic heterocycles. The van der Waals surface area contributed by atoms with Crippen molar-refractivity contribution in [2.75, 3.05) is 34.3 Å². The fourth-order valence-electron chi connectivity index (χ4n) is 2.90. The predicted molar refractivity (Wildman–Crippen MR) is 80.4 cm³/mol. The van der Waals surface area contributed by atoms with Crippen molar-refractivity contribution in [1.82, 2.24) is 0 Å². The number of carbonyl (C=O) groups is 1. The number of hydrogen-bond donors (Lipinski definition) is 0. The van der Waals surface area contributed by atoms with Crippen LogP contribution < -0.4 is 12.4 Å². The number of nitrogens with zero attached hydrogens (tertiary/aromatic N) is 1. The molecule has 1 fully saturated rings. The molecule has 2 rings (SSSR count). The van der Waals surface area contributed by atoms with Crippen LogP contribution in [0.1, 0.15) is 31.2 Å². The highest BCUT2D eigenvalue weighted by Gasteiger charge is 2.44. The summed E-state index contributed by atoms with van der Waals surface area (Å²) in [6.45, 7) is 1.34. The summed E-state index contributed by atoms with van der Waals surface area (Å²) >= 11 is 0. The van der Waals surface area contributed by atoms with Gasteiger partial charge in [-0.1, -0.05) is 43.2 Å². The molecule has 0 radical (unpaired) electrons. The van der Waals surface area contributed by atoms with Crippen LogP contribution in [0.5, 0.6) is 0 Å². The Labute approximate surface area is 134 Å². The van der Waals surface area contributed by atoms with E-state index in [-0.39, 0.29) is 18.4 Å². The Balaban J connectivity index is 0.00000220. The molecule has 1 aromatic rings. The summed E-state index contributed by atoms with van der Waals surface area (Å²) in [5.41, 5.74) is 0.722. The van der Waals surface area contributed by atoms with Crippen molar-refractivity contribution in [2.45, 2.75) is 31.1 Å². The zero-order valence-corrected chi connectivity index (χ0v) is 14.0. The van der Waals surface area contributed by atoms with Crippen LogP contribution in [0.25, 0.3) is 0 Å². The van der Waals surface area contributed by atoms with Gasteiger partial charge in [0.05, 0.1) is 26.6 Å². The maximum absolute atomic E-state index is 12.6. The molecular weight excluding hydrogens is 286 g/mol. The molecule has 0 heterocycles. The van der Waals surface area contributed by atoms with E-state index in [1.165, 1.54) is 0 Å². The number of benzene rings is 1. The second-order valence-electron chi connectivity index (χ2n) is 6.81. The van der Waals surface area contributed by atoms with Gasteiger partial charge >= 0.3 is 5.97 Å². The molecule has 0 spiro atoms. The van der Waals surface area contributed by atoms with Crippen LogP contribution in [0.2, 0.25) is 0 Å². The summed E-state index contributed by atoms with van der Waals surface area (Å²) < 4.78 is 6.42. The Bertz CT molecular complexity index is 448. The van der Waals surface area contributed by atoms with Gasteiger partial charge in [-0.2, -0.15) is 0 Å². The summed E-state index contributed by atoms with van der Waals surface area (Å²) in [5, 5.41) is 0. The average molecular weight is 312 g/mol. The molecule has 1 aromatic carbocycles. The monoisotopic (exact) mass is 311 g/mol. The first-order valence-corrected chi connectivity index (χ1v) is 7.47. The third kappa shape index (κ3) is 4.45. The SMILES string of the molecule is C[N+](C)(C)CCOC(=O)C1(c2ccccc2)CCCC1.[Cl-]. The zero-order valence-electron chi connectivity index (χ0n) is 13.3. The van der Waals surface area contributed by atoms with Gasteiger partial charge in [0, 0.05) is 0 Å². The minimum absolute atomic E-state index is 0. The van der Waals surface area contributed by atoms with Gasteiger partial charge in [0.1, 0.15) is 13.2 Å². The fourth-order valence-corrected chi connectivity index (χ4v) is 2.90. The first-order chi connectivity index (χ1) is 9.44. The molecular formula is C17H26ClNO2. The molecule has 4 heteroatoms. The van der Waals surface area contributed by atoms with Crippen molar-refractivity contribution < 1.29 is 26.4 Å². The molecule has 118 valence electrons. The Morgan fingerprint density at radius 2 is 1.71 bits per heavy atom. The summed E-state index contributed by atoms with van der Waals surface area (Å²) in [6.07, 6.45) is 4.05. The van der Waals surface area contributed by atoms with Crippen molar-refractivity contribution in [2.24, 2.45) is 0 Å². The lowest BCUT2D eigenvalue weighted by Gasteiger charge is -2.29. The lowest BCUT2D eigenvalue weighted by atomic mass is 9.79. The number of esters is 1. The van der Waals surface area contributed by atoms with Crippen molar-refractivity contribution in [3.63, 3.8) is 0 Å². The average Bonchev–Trinajstić information content (AvgIpc) is 2.89. The van der Waals surface area contributed by atoms with E-state index in [0.717, 1.165) is 42.3 Å². The molecule has 0 bridgehead atoms. The third-order valence-electron chi connectivity index (χ3n) is 4.17. The van der Waals surface area contributed by atoms with Gasteiger partial charge in [-0.25, -0.2) is 0 Å². The highest BCUT2D eigenvalue weighted by molar-refractivity contribution is 5.83. The lowest BCUT2D eigenvalue weighted by molar-refractivity contribution is -0.870. The van der Waals surface area contributed by atoms with Gasteiger partial charge in [-0.05, 0) is 18.4 Å². The molecule has 0 saturated heterocycles. The molecule has 3 nitrogen and oxygen atoms in total. The standard InChI is InChI=1S/C17H26NO2.ClH/c1-18(2,3)13-14-20-16(19)17(11-7-8-12-17)15-9-5-4-6-10-15;/h4-6,9-10H,7-8,11-14H2,1-3H3;1H/q+1;/p-1. The summed E-state index contributed by atoms with van der Waals surface area (Å²) in [4.78, 5) is 12.6. The van der Waals surface area contributed by atoms with Crippen LogP contribution in [0.4, 0.5) is 0 Å². The van der Waals surface area contributed by atoms with Crippen LogP contribution in [0.15, 0.2) is 30.3 Å². The van der Waals surface area contributed by atoms with Crippen molar-refractivity contribution in [1.29, 1.82) is 0 Å². The second-order valence-corrected chi connectivity index (χ2v) is 6.81. The highest BCUT2D eigenvalue weighted by Crippen LogP contribution is 2.42. The quantitative estimate of drug-likeness (QED) is 0.554. The van der Waals surface area contributed by atoms with Gasteiger partial charge in [0.2, 0.25) is 0 Å². The molecule has 0 unspecified atom stereocenters. The van der Waals surface area contributed by atoms with Crippen LogP contribution in [0.3, 0.4) is 0 Å². The van der Waals surface area contributed by atoms with E-state index < -0.39 is 5.41 Å². The molecule has 1 aliphatic rings. The summed E-state index contributed by atoms with van der Waals surface area (Å²) in [5.74, 6) is -0.0327. The lowest BCUT2D eigenvalue weighted by Crippen LogP contribution is -3.00. The number of ether oxygens (including phenoxy) is 1. The van der Waals surface area contributed by atoms with Crippen molar-refractivity contribution in [3.05, 3.63) is 35.9 Å². The third-order valence-corrected chi connectivity index (χ3v) is 4.17. The number of likely N-dealkylation sites (N-methyl/N-ethyl adjacent to an activating group) is 1. The smallest absolute Gasteiger partial charge is 0.316 e. The van der Waals surface area contributed by atoms with E-state index in [0.29, 0.717) is 6.61 Å². The predicted octanol–water partition coefficient (Wildman–Crippen LogP) is -0.248. The van der Waals surface area contributed by atoms with Crippen LogP contribution in [-0.2, 0) is 14.9 Å². The number of carbonyl (C=O) groups excluding carboxylic acids is 1. The van der Waals surface area contributed by atoms with Crippen molar-refractivity contribution >= 4 is 5.97 Å². The Morgan fingerprint density at radius 1 is 1.14 bits per heavy atom. The van der Waals surface area contributed by atoms with E-state index in [1.807, 2.05) is 18.2 Å². The van der Waals surface area contributed by atoms with E-state index in [1.54, 1.807) is 0 Å². The van der Waals surface area contributed by atoms with Crippen LogP contribution >= 0.6 is 0 Å². The van der Waals surface area contributed by atoms with E-state index >= 15 is 0 Å². The van der Waals surface area contributed by atoms with Gasteiger partial charge in [0.25, 0.3) is 0 Å². The van der Waals surface area contributed by atoms with Crippen LogP contribution in [-0.4, -0.2) is 44.7 Å².